The minimum atomic E-state index is -0.804. The normalized spacial score (nSPS) is 46.0. The molecule has 0 radical (unpaired) electrons. The molecule has 2 saturated carbocycles. The highest BCUT2D eigenvalue weighted by Crippen LogP contribution is 2.67. The lowest BCUT2D eigenvalue weighted by atomic mass is 9.45. The van der Waals surface area contributed by atoms with Crippen LogP contribution < -0.4 is 0 Å². The third kappa shape index (κ3) is 2.78. The number of hydrogen-bond donors (Lipinski definition) is 2. The molecule has 0 aliphatic heterocycles. The molecular weight excluding hydrogens is 364 g/mol. The zero-order valence-electron chi connectivity index (χ0n) is 18.5. The first kappa shape index (κ1) is 21.0. The molecule has 0 bridgehead atoms. The summed E-state index contributed by atoms with van der Waals surface area (Å²) in [6, 6.07) is 0. The van der Waals surface area contributed by atoms with Gasteiger partial charge in [0.05, 0.1) is 36.4 Å². The zero-order chi connectivity index (χ0) is 21.0. The molecule has 2 fully saturated rings. The molecule has 4 rings (SSSR count). The lowest BCUT2D eigenvalue weighted by molar-refractivity contribution is -0.190. The molecular formula is C25H38O4. The van der Waals surface area contributed by atoms with Gasteiger partial charge in [-0.2, -0.15) is 0 Å². The van der Waals surface area contributed by atoms with Crippen LogP contribution in [0.4, 0.5) is 0 Å². The highest BCUT2D eigenvalue weighted by molar-refractivity contribution is 5.40. The van der Waals surface area contributed by atoms with Crippen molar-refractivity contribution in [3.05, 3.63) is 35.8 Å². The predicted molar refractivity (Wildman–Crippen MR) is 114 cm³/mol. The minimum absolute atomic E-state index is 0.132. The van der Waals surface area contributed by atoms with Crippen LogP contribution in [-0.2, 0) is 9.47 Å². The summed E-state index contributed by atoms with van der Waals surface area (Å²) in [4.78, 5) is 0. The van der Waals surface area contributed by atoms with Crippen LogP contribution in [0.1, 0.15) is 66.2 Å². The van der Waals surface area contributed by atoms with Crippen molar-refractivity contribution < 1.29 is 19.7 Å². The van der Waals surface area contributed by atoms with Crippen molar-refractivity contribution in [2.24, 2.45) is 28.6 Å². The Morgan fingerprint density at radius 2 is 1.93 bits per heavy atom. The summed E-state index contributed by atoms with van der Waals surface area (Å²) in [5.74, 6) is 2.47. The third-order valence-electron chi connectivity index (χ3n) is 9.07. The van der Waals surface area contributed by atoms with Crippen molar-refractivity contribution in [2.45, 2.75) is 77.9 Å². The van der Waals surface area contributed by atoms with E-state index in [0.29, 0.717) is 32.0 Å². The van der Waals surface area contributed by atoms with Gasteiger partial charge < -0.3 is 19.7 Å². The Labute approximate surface area is 175 Å². The number of rotatable bonds is 5. The van der Waals surface area contributed by atoms with Crippen molar-refractivity contribution >= 4 is 0 Å². The molecule has 4 aliphatic carbocycles. The molecule has 4 nitrogen and oxygen atoms in total. The smallest absolute Gasteiger partial charge is 0.0970 e. The minimum Gasteiger partial charge on any atom is -0.499 e. The number of allylic oxidation sites excluding steroid dienone is 5. The van der Waals surface area contributed by atoms with Crippen molar-refractivity contribution in [1.82, 2.24) is 0 Å². The molecule has 1 unspecified atom stereocenters. The number of aliphatic hydroxyl groups is 2. The first-order valence-corrected chi connectivity index (χ1v) is 11.5. The molecule has 2 N–H and O–H groups in total. The SMILES string of the molecule is C=C(OCC)C1CC(OCC)=CC2=CC[C@@H]3[C@H](CC[C@]4(C)[C@@H](O)CC[C@@]34O)[C@]21C. The molecule has 0 spiro atoms. The van der Waals surface area contributed by atoms with Gasteiger partial charge >= 0.3 is 0 Å². The van der Waals surface area contributed by atoms with Crippen LogP contribution >= 0.6 is 0 Å². The van der Waals surface area contributed by atoms with E-state index < -0.39 is 17.1 Å². The average Bonchev–Trinajstić information content (AvgIpc) is 2.92. The maximum Gasteiger partial charge on any atom is 0.0970 e. The number of fused-ring (bicyclic) bond motifs is 5. The largest absolute Gasteiger partial charge is 0.499 e. The van der Waals surface area contributed by atoms with E-state index >= 15 is 0 Å². The van der Waals surface area contributed by atoms with Crippen LogP contribution in [0.2, 0.25) is 0 Å². The van der Waals surface area contributed by atoms with E-state index in [1.807, 2.05) is 13.8 Å². The van der Waals surface area contributed by atoms with Crippen LogP contribution in [0.3, 0.4) is 0 Å². The van der Waals surface area contributed by atoms with Crippen molar-refractivity contribution in [3.8, 4) is 0 Å². The molecule has 0 aromatic carbocycles. The summed E-state index contributed by atoms with van der Waals surface area (Å²) < 4.78 is 11.9. The summed E-state index contributed by atoms with van der Waals surface area (Å²) in [5, 5.41) is 22.6. The molecule has 0 saturated heterocycles. The van der Waals surface area contributed by atoms with E-state index in [9.17, 15) is 10.2 Å². The Balaban J connectivity index is 1.78. The summed E-state index contributed by atoms with van der Waals surface area (Å²) in [5.41, 5.74) is -0.0316. The Kier molecular flexibility index (Phi) is 5.18. The molecule has 4 heteroatoms. The van der Waals surface area contributed by atoms with Crippen LogP contribution in [0, 0.1) is 28.6 Å². The van der Waals surface area contributed by atoms with Gasteiger partial charge in [0.25, 0.3) is 0 Å². The van der Waals surface area contributed by atoms with E-state index in [2.05, 4.69) is 32.6 Å². The quantitative estimate of drug-likeness (QED) is 0.653. The van der Waals surface area contributed by atoms with Gasteiger partial charge in [0.1, 0.15) is 0 Å². The molecule has 0 amide bonds. The molecule has 7 atom stereocenters. The van der Waals surface area contributed by atoms with Gasteiger partial charge in [0.15, 0.2) is 0 Å². The summed E-state index contributed by atoms with van der Waals surface area (Å²) in [6.45, 7) is 14.1. The predicted octanol–water partition coefficient (Wildman–Crippen LogP) is 4.73. The molecule has 0 aromatic heterocycles. The Hall–Kier alpha value is -1.26. The highest BCUT2D eigenvalue weighted by Gasteiger charge is 2.67. The fourth-order valence-corrected chi connectivity index (χ4v) is 7.34. The van der Waals surface area contributed by atoms with Crippen LogP contribution in [0.15, 0.2) is 35.8 Å². The standard InChI is InChI=1S/C25H38O4/c1-6-28-16(3)21-15-18(29-7-2)14-17-8-9-20-19(24(17,21)5)10-12-23(4)22(26)11-13-25(20,23)27/h8,14,19-22,26-27H,3,6-7,9-13,15H2,1-2,4-5H3/t19-,20+,21?,22-,23+,24-,25+/m0/s1. The summed E-state index contributed by atoms with van der Waals surface area (Å²) in [7, 11) is 0. The Bertz CT molecular complexity index is 739. The Morgan fingerprint density at radius 3 is 2.62 bits per heavy atom. The Morgan fingerprint density at radius 1 is 1.17 bits per heavy atom. The van der Waals surface area contributed by atoms with Crippen molar-refractivity contribution in [1.29, 1.82) is 0 Å². The monoisotopic (exact) mass is 402 g/mol. The second kappa shape index (κ2) is 7.16. The average molecular weight is 403 g/mol. The number of ether oxygens (including phenoxy) is 2. The van der Waals surface area contributed by atoms with Gasteiger partial charge in [0.2, 0.25) is 0 Å². The van der Waals surface area contributed by atoms with Gasteiger partial charge in [-0.1, -0.05) is 26.5 Å². The second-order valence-electron chi connectivity index (χ2n) is 10.0. The topological polar surface area (TPSA) is 58.9 Å². The van der Waals surface area contributed by atoms with Crippen molar-refractivity contribution in [2.75, 3.05) is 13.2 Å². The van der Waals surface area contributed by atoms with E-state index in [0.717, 1.165) is 37.2 Å². The van der Waals surface area contributed by atoms with Gasteiger partial charge in [-0.25, -0.2) is 0 Å². The van der Waals surface area contributed by atoms with Crippen LogP contribution in [0.25, 0.3) is 0 Å². The van der Waals surface area contributed by atoms with Gasteiger partial charge in [-0.05, 0) is 69.4 Å². The fourth-order valence-electron chi connectivity index (χ4n) is 7.34. The van der Waals surface area contributed by atoms with E-state index in [1.54, 1.807) is 0 Å². The molecule has 0 heterocycles. The van der Waals surface area contributed by atoms with Gasteiger partial charge in [-0.3, -0.25) is 0 Å². The maximum absolute atomic E-state index is 11.9. The van der Waals surface area contributed by atoms with Crippen LogP contribution in [-0.4, -0.2) is 35.1 Å². The molecule has 4 aliphatic rings. The second-order valence-corrected chi connectivity index (χ2v) is 10.0. The maximum atomic E-state index is 11.9. The third-order valence-corrected chi connectivity index (χ3v) is 9.07. The first-order chi connectivity index (χ1) is 13.7. The first-order valence-electron chi connectivity index (χ1n) is 11.5. The van der Waals surface area contributed by atoms with E-state index in [4.69, 9.17) is 9.47 Å². The van der Waals surface area contributed by atoms with E-state index in [1.165, 1.54) is 5.57 Å². The van der Waals surface area contributed by atoms with Crippen LogP contribution in [0.5, 0.6) is 0 Å². The zero-order valence-corrected chi connectivity index (χ0v) is 18.5. The van der Waals surface area contributed by atoms with Gasteiger partial charge in [0, 0.05) is 23.2 Å². The molecule has 29 heavy (non-hydrogen) atoms. The highest BCUT2D eigenvalue weighted by atomic mass is 16.5. The lowest BCUT2D eigenvalue weighted by Gasteiger charge is -2.61. The van der Waals surface area contributed by atoms with Gasteiger partial charge in [-0.15, -0.1) is 0 Å². The van der Waals surface area contributed by atoms with E-state index in [-0.39, 0.29) is 17.3 Å². The summed E-state index contributed by atoms with van der Waals surface area (Å²) >= 11 is 0. The number of hydrogen-bond acceptors (Lipinski definition) is 4. The molecule has 162 valence electrons. The van der Waals surface area contributed by atoms with Crippen molar-refractivity contribution in [3.63, 3.8) is 0 Å². The molecule has 0 aromatic rings. The lowest BCUT2D eigenvalue weighted by Crippen LogP contribution is -2.62. The fraction of sp³-hybridized carbons (Fsp3) is 0.760. The number of aliphatic hydroxyl groups excluding tert-OH is 1. The summed E-state index contributed by atoms with van der Waals surface area (Å²) in [6.07, 6.45) is 9.08.